The topological polar surface area (TPSA) is 48.1 Å². The van der Waals surface area contributed by atoms with Crippen LogP contribution in [0.25, 0.3) is 0 Å². The largest absolute Gasteiger partial charge is 0.492 e. The summed E-state index contributed by atoms with van der Waals surface area (Å²) in [6.07, 6.45) is 3.33. The molecule has 18 heavy (non-hydrogen) atoms. The summed E-state index contributed by atoms with van der Waals surface area (Å²) in [6, 6.07) is 7.66. The summed E-state index contributed by atoms with van der Waals surface area (Å²) in [7, 11) is 0. The highest BCUT2D eigenvalue weighted by molar-refractivity contribution is 5.33. The zero-order chi connectivity index (χ0) is 13.0. The molecule has 0 saturated carbocycles. The van der Waals surface area contributed by atoms with E-state index in [1.165, 1.54) is 12.1 Å². The molecule has 2 aromatic rings. The van der Waals surface area contributed by atoms with Gasteiger partial charge in [-0.2, -0.15) is 0 Å². The molecule has 0 fully saturated rings. The third kappa shape index (κ3) is 2.84. The maximum atomic E-state index is 12.8. The molecule has 0 bridgehead atoms. The van der Waals surface area contributed by atoms with Crippen LogP contribution in [0, 0.1) is 5.82 Å². The van der Waals surface area contributed by atoms with Crippen LogP contribution in [-0.4, -0.2) is 11.6 Å². The minimum atomic E-state index is -0.335. The fraction of sp³-hybridized carbons (Fsp3) is 0.214. The van der Waals surface area contributed by atoms with Crippen LogP contribution in [0.5, 0.6) is 5.75 Å². The smallest absolute Gasteiger partial charge is 0.137 e. The van der Waals surface area contributed by atoms with Gasteiger partial charge < -0.3 is 10.5 Å². The van der Waals surface area contributed by atoms with Crippen LogP contribution < -0.4 is 10.5 Å². The average Bonchev–Trinajstić information content (AvgIpc) is 2.39. The van der Waals surface area contributed by atoms with Crippen LogP contribution in [0.2, 0.25) is 0 Å². The molecule has 0 aliphatic heterocycles. The van der Waals surface area contributed by atoms with E-state index in [0.717, 1.165) is 11.1 Å². The van der Waals surface area contributed by atoms with Gasteiger partial charge in [-0.3, -0.25) is 4.98 Å². The number of hydrogen-bond acceptors (Lipinski definition) is 3. The first-order valence-corrected chi connectivity index (χ1v) is 5.79. The van der Waals surface area contributed by atoms with Crippen molar-refractivity contribution in [2.24, 2.45) is 5.73 Å². The van der Waals surface area contributed by atoms with E-state index in [1.54, 1.807) is 24.5 Å². The van der Waals surface area contributed by atoms with Crippen molar-refractivity contribution >= 4 is 0 Å². The minimum absolute atomic E-state index is 0.271. The highest BCUT2D eigenvalue weighted by atomic mass is 19.1. The van der Waals surface area contributed by atoms with Crippen molar-refractivity contribution in [2.45, 2.75) is 13.0 Å². The van der Waals surface area contributed by atoms with Crippen molar-refractivity contribution < 1.29 is 9.13 Å². The fourth-order valence-electron chi connectivity index (χ4n) is 1.71. The van der Waals surface area contributed by atoms with E-state index in [9.17, 15) is 4.39 Å². The van der Waals surface area contributed by atoms with E-state index < -0.39 is 0 Å². The maximum Gasteiger partial charge on any atom is 0.137 e. The summed E-state index contributed by atoms with van der Waals surface area (Å²) in [6.45, 7) is 2.49. The highest BCUT2D eigenvalue weighted by Crippen LogP contribution is 2.22. The van der Waals surface area contributed by atoms with Crippen molar-refractivity contribution in [2.75, 3.05) is 6.61 Å². The number of ether oxygens (including phenoxy) is 1. The Morgan fingerprint density at radius 1 is 1.22 bits per heavy atom. The molecule has 0 spiro atoms. The third-order valence-corrected chi connectivity index (χ3v) is 2.63. The molecular weight excluding hydrogens is 231 g/mol. The third-order valence-electron chi connectivity index (χ3n) is 2.63. The zero-order valence-electron chi connectivity index (χ0n) is 10.1. The van der Waals surface area contributed by atoms with Gasteiger partial charge in [0.2, 0.25) is 0 Å². The van der Waals surface area contributed by atoms with Gasteiger partial charge in [0.25, 0.3) is 0 Å². The maximum absolute atomic E-state index is 12.8. The molecule has 1 atom stereocenters. The van der Waals surface area contributed by atoms with Gasteiger partial charge in [-0.25, -0.2) is 4.39 Å². The van der Waals surface area contributed by atoms with Gasteiger partial charge in [-0.05, 0) is 36.2 Å². The number of nitrogens with zero attached hydrogens (tertiary/aromatic N) is 1. The summed E-state index contributed by atoms with van der Waals surface area (Å²) in [5.74, 6) is 0.416. The van der Waals surface area contributed by atoms with E-state index in [2.05, 4.69) is 4.98 Å². The first-order chi connectivity index (χ1) is 8.70. The number of rotatable bonds is 4. The Labute approximate surface area is 105 Å². The van der Waals surface area contributed by atoms with Crippen molar-refractivity contribution in [3.63, 3.8) is 0 Å². The van der Waals surface area contributed by atoms with Crippen molar-refractivity contribution in [3.8, 4) is 5.75 Å². The van der Waals surface area contributed by atoms with Crippen LogP contribution in [0.1, 0.15) is 24.1 Å². The molecular formula is C14H15FN2O. The second-order valence-electron chi connectivity index (χ2n) is 3.92. The molecule has 1 heterocycles. The Morgan fingerprint density at radius 2 is 1.94 bits per heavy atom. The predicted octanol–water partition coefficient (Wildman–Crippen LogP) is 2.67. The van der Waals surface area contributed by atoms with Crippen LogP contribution in [0.3, 0.4) is 0 Å². The summed E-state index contributed by atoms with van der Waals surface area (Å²) < 4.78 is 18.2. The fourth-order valence-corrected chi connectivity index (χ4v) is 1.71. The molecule has 1 aromatic carbocycles. The Hall–Kier alpha value is -1.94. The lowest BCUT2D eigenvalue weighted by Crippen LogP contribution is -2.12. The molecule has 1 unspecified atom stereocenters. The quantitative estimate of drug-likeness (QED) is 0.902. The number of benzene rings is 1. The van der Waals surface area contributed by atoms with Gasteiger partial charge in [-0.1, -0.05) is 12.1 Å². The van der Waals surface area contributed by atoms with Gasteiger partial charge in [0.15, 0.2) is 0 Å². The SMILES string of the molecule is CCOc1cncc(C(N)c2ccc(F)cc2)c1. The van der Waals surface area contributed by atoms with Crippen LogP contribution in [0.15, 0.2) is 42.7 Å². The van der Waals surface area contributed by atoms with Crippen LogP contribution >= 0.6 is 0 Å². The van der Waals surface area contributed by atoms with Crippen LogP contribution in [-0.2, 0) is 0 Å². The van der Waals surface area contributed by atoms with Gasteiger partial charge in [0.1, 0.15) is 11.6 Å². The van der Waals surface area contributed by atoms with E-state index in [-0.39, 0.29) is 11.9 Å². The van der Waals surface area contributed by atoms with Crippen molar-refractivity contribution in [1.82, 2.24) is 4.98 Å². The van der Waals surface area contributed by atoms with Gasteiger partial charge in [-0.15, -0.1) is 0 Å². The molecule has 0 radical (unpaired) electrons. The predicted molar refractivity (Wildman–Crippen MR) is 67.8 cm³/mol. The Kier molecular flexibility index (Phi) is 3.89. The highest BCUT2D eigenvalue weighted by Gasteiger charge is 2.10. The molecule has 3 nitrogen and oxygen atoms in total. The minimum Gasteiger partial charge on any atom is -0.492 e. The molecule has 0 saturated heterocycles. The Bertz CT molecular complexity index is 513. The van der Waals surface area contributed by atoms with Gasteiger partial charge >= 0.3 is 0 Å². The molecule has 2 rings (SSSR count). The molecule has 4 heteroatoms. The van der Waals surface area contributed by atoms with Crippen LogP contribution in [0.4, 0.5) is 4.39 Å². The molecule has 0 aliphatic carbocycles. The second kappa shape index (κ2) is 5.60. The molecule has 94 valence electrons. The first-order valence-electron chi connectivity index (χ1n) is 5.79. The average molecular weight is 246 g/mol. The molecule has 2 N–H and O–H groups in total. The van der Waals surface area contributed by atoms with E-state index in [0.29, 0.717) is 12.4 Å². The van der Waals surface area contributed by atoms with Crippen molar-refractivity contribution in [1.29, 1.82) is 0 Å². The van der Waals surface area contributed by atoms with Crippen molar-refractivity contribution in [3.05, 3.63) is 59.7 Å². The summed E-state index contributed by atoms with van der Waals surface area (Å²) in [5.41, 5.74) is 7.79. The zero-order valence-corrected chi connectivity index (χ0v) is 10.1. The summed E-state index contributed by atoms with van der Waals surface area (Å²) in [4.78, 5) is 4.09. The number of aromatic nitrogens is 1. The lowest BCUT2D eigenvalue weighted by atomic mass is 10.0. The number of pyridine rings is 1. The lowest BCUT2D eigenvalue weighted by molar-refractivity contribution is 0.338. The van der Waals surface area contributed by atoms with E-state index in [4.69, 9.17) is 10.5 Å². The first kappa shape index (κ1) is 12.5. The summed E-state index contributed by atoms with van der Waals surface area (Å²) in [5, 5.41) is 0. The van der Waals surface area contributed by atoms with Gasteiger partial charge in [0.05, 0.1) is 18.8 Å². The number of halogens is 1. The summed E-state index contributed by atoms with van der Waals surface area (Å²) >= 11 is 0. The monoisotopic (exact) mass is 246 g/mol. The van der Waals surface area contributed by atoms with E-state index in [1.807, 2.05) is 13.0 Å². The number of hydrogen-bond donors (Lipinski definition) is 1. The number of nitrogens with two attached hydrogens (primary N) is 1. The molecule has 1 aromatic heterocycles. The second-order valence-corrected chi connectivity index (χ2v) is 3.92. The lowest BCUT2D eigenvalue weighted by Gasteiger charge is -2.13. The molecule has 0 amide bonds. The normalized spacial score (nSPS) is 12.2. The Balaban J connectivity index is 2.24. The standard InChI is InChI=1S/C14H15FN2O/c1-2-18-13-7-11(8-17-9-13)14(16)10-3-5-12(15)6-4-10/h3-9,14H,2,16H2,1H3. The van der Waals surface area contributed by atoms with E-state index >= 15 is 0 Å². The molecule has 0 aliphatic rings. The van der Waals surface area contributed by atoms with Gasteiger partial charge in [0, 0.05) is 6.20 Å². The Morgan fingerprint density at radius 3 is 2.61 bits per heavy atom.